The Kier molecular flexibility index (Phi) is 5.28. The van der Waals surface area contributed by atoms with Gasteiger partial charge < -0.3 is 14.9 Å². The molecule has 0 fully saturated rings. The Hall–Kier alpha value is -1.27. The van der Waals surface area contributed by atoms with Crippen molar-refractivity contribution in [3.05, 3.63) is 29.3 Å². The maximum absolute atomic E-state index is 13.3. The second-order valence-corrected chi connectivity index (χ2v) is 5.67. The Morgan fingerprint density at radius 3 is 2.24 bits per heavy atom. The van der Waals surface area contributed by atoms with Crippen LogP contribution in [0.5, 0.6) is 5.75 Å². The van der Waals surface area contributed by atoms with E-state index in [1.165, 1.54) is 19.2 Å². The summed E-state index contributed by atoms with van der Waals surface area (Å²) < 4.78 is 44.8. The Bertz CT molecular complexity index is 486. The van der Waals surface area contributed by atoms with Crippen LogP contribution in [0.1, 0.15) is 37.5 Å². The van der Waals surface area contributed by atoms with Crippen LogP contribution in [-0.4, -0.2) is 29.1 Å². The second-order valence-electron chi connectivity index (χ2n) is 5.67. The number of methoxy groups -OCH3 is 1. The van der Waals surface area contributed by atoms with Crippen LogP contribution < -0.4 is 4.74 Å². The number of aliphatic hydroxyl groups excluding tert-OH is 1. The van der Waals surface area contributed by atoms with E-state index < -0.39 is 30.2 Å². The lowest BCUT2D eigenvalue weighted by molar-refractivity contribution is -0.297. The summed E-state index contributed by atoms with van der Waals surface area (Å²) in [5.74, 6) is -0.323. The van der Waals surface area contributed by atoms with Gasteiger partial charge in [-0.2, -0.15) is 13.2 Å². The minimum absolute atomic E-state index is 0.0800. The molecule has 0 radical (unpaired) electrons. The minimum atomic E-state index is -4.95. The Balaban J connectivity index is 3.33. The molecule has 2 atom stereocenters. The highest BCUT2D eigenvalue weighted by atomic mass is 19.4. The SMILES string of the molecule is COc1cc(C)ccc1C(O)C(O)(CC(C)C)C(F)(F)F. The molecule has 6 heteroatoms. The monoisotopic (exact) mass is 306 g/mol. The fraction of sp³-hybridized carbons (Fsp3) is 0.600. The third-order valence-corrected chi connectivity index (χ3v) is 3.35. The number of rotatable bonds is 5. The normalized spacial score (nSPS) is 16.7. The van der Waals surface area contributed by atoms with Crippen LogP contribution in [0.25, 0.3) is 0 Å². The van der Waals surface area contributed by atoms with E-state index in [-0.39, 0.29) is 11.3 Å². The molecule has 0 amide bonds. The van der Waals surface area contributed by atoms with Crippen molar-refractivity contribution < 1.29 is 28.1 Å². The average Bonchev–Trinajstić information content (AvgIpc) is 2.35. The molecule has 1 rings (SSSR count). The van der Waals surface area contributed by atoms with Crippen molar-refractivity contribution in [2.24, 2.45) is 5.92 Å². The fourth-order valence-electron chi connectivity index (χ4n) is 2.31. The van der Waals surface area contributed by atoms with Crippen molar-refractivity contribution in [1.82, 2.24) is 0 Å². The van der Waals surface area contributed by atoms with Gasteiger partial charge in [0.1, 0.15) is 11.9 Å². The molecule has 2 N–H and O–H groups in total. The molecule has 0 saturated carbocycles. The molecule has 0 aliphatic rings. The van der Waals surface area contributed by atoms with Gasteiger partial charge in [-0.1, -0.05) is 26.0 Å². The molecule has 0 spiro atoms. The number of alkyl halides is 3. The maximum atomic E-state index is 13.3. The maximum Gasteiger partial charge on any atom is 0.420 e. The summed E-state index contributed by atoms with van der Waals surface area (Å²) >= 11 is 0. The molecule has 0 heterocycles. The number of hydrogen-bond acceptors (Lipinski definition) is 3. The zero-order valence-corrected chi connectivity index (χ0v) is 12.5. The lowest BCUT2D eigenvalue weighted by Crippen LogP contribution is -2.51. The van der Waals surface area contributed by atoms with Gasteiger partial charge >= 0.3 is 6.18 Å². The molecule has 2 unspecified atom stereocenters. The number of benzene rings is 1. The molecule has 0 aromatic heterocycles. The first-order chi connectivity index (χ1) is 9.52. The van der Waals surface area contributed by atoms with E-state index in [9.17, 15) is 23.4 Å². The van der Waals surface area contributed by atoms with Gasteiger partial charge in [-0.05, 0) is 30.9 Å². The van der Waals surface area contributed by atoms with Gasteiger partial charge in [0, 0.05) is 5.56 Å². The van der Waals surface area contributed by atoms with Gasteiger partial charge in [0.25, 0.3) is 0 Å². The van der Waals surface area contributed by atoms with Gasteiger partial charge in [0.05, 0.1) is 7.11 Å². The zero-order valence-electron chi connectivity index (χ0n) is 12.5. The van der Waals surface area contributed by atoms with E-state index in [1.54, 1.807) is 26.8 Å². The summed E-state index contributed by atoms with van der Waals surface area (Å²) in [5.41, 5.74) is -2.52. The molecular formula is C15H21F3O3. The molecule has 3 nitrogen and oxygen atoms in total. The Morgan fingerprint density at radius 1 is 1.24 bits per heavy atom. The topological polar surface area (TPSA) is 49.7 Å². The minimum Gasteiger partial charge on any atom is -0.496 e. The van der Waals surface area contributed by atoms with Crippen molar-refractivity contribution in [1.29, 1.82) is 0 Å². The van der Waals surface area contributed by atoms with Crippen LogP contribution >= 0.6 is 0 Å². The van der Waals surface area contributed by atoms with E-state index in [4.69, 9.17) is 4.74 Å². The third kappa shape index (κ3) is 3.68. The molecule has 0 saturated heterocycles. The first-order valence-corrected chi connectivity index (χ1v) is 6.64. The van der Waals surface area contributed by atoms with Crippen molar-refractivity contribution in [2.75, 3.05) is 7.11 Å². The molecule has 0 bridgehead atoms. The number of aryl methyl sites for hydroxylation is 1. The molecule has 120 valence electrons. The van der Waals surface area contributed by atoms with Crippen LogP contribution in [0.3, 0.4) is 0 Å². The summed E-state index contributed by atoms with van der Waals surface area (Å²) in [6.07, 6.45) is -7.67. The van der Waals surface area contributed by atoms with E-state index in [0.29, 0.717) is 0 Å². The lowest BCUT2D eigenvalue weighted by Gasteiger charge is -2.36. The second kappa shape index (κ2) is 6.23. The first-order valence-electron chi connectivity index (χ1n) is 6.64. The Labute approximate surface area is 122 Å². The van der Waals surface area contributed by atoms with Crippen LogP contribution in [-0.2, 0) is 0 Å². The summed E-state index contributed by atoms with van der Waals surface area (Å²) in [6.45, 7) is 4.86. The van der Waals surface area contributed by atoms with Crippen molar-refractivity contribution in [3.8, 4) is 5.75 Å². The van der Waals surface area contributed by atoms with Crippen LogP contribution in [0, 0.1) is 12.8 Å². The number of aliphatic hydroxyl groups is 2. The fourth-order valence-corrected chi connectivity index (χ4v) is 2.31. The van der Waals surface area contributed by atoms with Crippen LogP contribution in [0.15, 0.2) is 18.2 Å². The van der Waals surface area contributed by atoms with Crippen LogP contribution in [0.2, 0.25) is 0 Å². The highest BCUT2D eigenvalue weighted by Gasteiger charge is 2.59. The zero-order chi connectivity index (χ0) is 16.4. The van der Waals surface area contributed by atoms with E-state index >= 15 is 0 Å². The Morgan fingerprint density at radius 2 is 1.81 bits per heavy atom. The third-order valence-electron chi connectivity index (χ3n) is 3.35. The molecule has 0 aliphatic carbocycles. The largest absolute Gasteiger partial charge is 0.496 e. The smallest absolute Gasteiger partial charge is 0.420 e. The van der Waals surface area contributed by atoms with Gasteiger partial charge in [-0.25, -0.2) is 0 Å². The summed E-state index contributed by atoms with van der Waals surface area (Å²) in [7, 11) is 1.31. The molecule has 0 aliphatic heterocycles. The van der Waals surface area contributed by atoms with Gasteiger partial charge in [0.15, 0.2) is 5.60 Å². The summed E-state index contributed by atoms with van der Waals surface area (Å²) in [6, 6.07) is 4.42. The van der Waals surface area contributed by atoms with E-state index in [0.717, 1.165) is 5.56 Å². The summed E-state index contributed by atoms with van der Waals surface area (Å²) in [5, 5.41) is 20.3. The van der Waals surface area contributed by atoms with Gasteiger partial charge in [-0.15, -0.1) is 0 Å². The standard InChI is InChI=1S/C15H21F3O3/c1-9(2)8-14(20,15(16,17)18)13(19)11-6-5-10(3)7-12(11)21-4/h5-7,9,13,19-20H,8H2,1-4H3. The number of ether oxygens (including phenoxy) is 1. The average molecular weight is 306 g/mol. The number of hydrogen-bond donors (Lipinski definition) is 2. The van der Waals surface area contributed by atoms with Gasteiger partial charge in [-0.3, -0.25) is 0 Å². The highest BCUT2D eigenvalue weighted by molar-refractivity contribution is 5.40. The van der Waals surface area contributed by atoms with E-state index in [1.807, 2.05) is 0 Å². The molecule has 21 heavy (non-hydrogen) atoms. The molecule has 1 aromatic carbocycles. The van der Waals surface area contributed by atoms with E-state index in [2.05, 4.69) is 0 Å². The predicted molar refractivity (Wildman–Crippen MR) is 73.2 cm³/mol. The lowest BCUT2D eigenvalue weighted by atomic mass is 9.83. The summed E-state index contributed by atoms with van der Waals surface area (Å²) in [4.78, 5) is 0. The van der Waals surface area contributed by atoms with Gasteiger partial charge in [0.2, 0.25) is 0 Å². The molecular weight excluding hydrogens is 285 g/mol. The molecule has 1 aromatic rings. The van der Waals surface area contributed by atoms with Crippen LogP contribution in [0.4, 0.5) is 13.2 Å². The quantitative estimate of drug-likeness (QED) is 0.877. The first kappa shape index (κ1) is 17.8. The highest BCUT2D eigenvalue weighted by Crippen LogP contribution is 2.46. The van der Waals surface area contributed by atoms with Crippen molar-refractivity contribution >= 4 is 0 Å². The number of halogens is 3. The predicted octanol–water partition coefficient (Wildman–Crippen LogP) is 3.38. The van der Waals surface area contributed by atoms with Crippen molar-refractivity contribution in [3.63, 3.8) is 0 Å². The van der Waals surface area contributed by atoms with Crippen molar-refractivity contribution in [2.45, 2.75) is 45.1 Å².